The Morgan fingerprint density at radius 3 is 2.72 bits per heavy atom. The van der Waals surface area contributed by atoms with Gasteiger partial charge >= 0.3 is 0 Å². The minimum Gasteiger partial charge on any atom is -0.399 e. The van der Waals surface area contributed by atoms with Crippen molar-refractivity contribution in [1.82, 2.24) is 15.1 Å². The van der Waals surface area contributed by atoms with Gasteiger partial charge in [0.15, 0.2) is 0 Å². The number of carbonyl (C=O) groups is 1. The molecule has 0 atom stereocenters. The van der Waals surface area contributed by atoms with Crippen LogP contribution in [0.25, 0.3) is 11.1 Å². The van der Waals surface area contributed by atoms with Crippen LogP contribution in [-0.2, 0) is 11.3 Å². The summed E-state index contributed by atoms with van der Waals surface area (Å²) in [6, 6.07) is 7.55. The number of nitrogens with two attached hydrogens (primary N) is 1. The van der Waals surface area contributed by atoms with Crippen LogP contribution in [0.4, 0.5) is 5.69 Å². The third-order valence-corrected chi connectivity index (χ3v) is 2.56. The molecule has 2 aromatic rings. The second-order valence-corrected chi connectivity index (χ2v) is 4.00. The van der Waals surface area contributed by atoms with Crippen molar-refractivity contribution < 1.29 is 4.79 Å². The lowest BCUT2D eigenvalue weighted by atomic mass is 10.1. The highest BCUT2D eigenvalue weighted by molar-refractivity contribution is 5.75. The van der Waals surface area contributed by atoms with Crippen LogP contribution < -0.4 is 11.1 Å². The third kappa shape index (κ3) is 2.88. The highest BCUT2D eigenvalue weighted by Gasteiger charge is 2.05. The Labute approximate surface area is 106 Å². The van der Waals surface area contributed by atoms with Crippen molar-refractivity contribution in [1.29, 1.82) is 0 Å². The first-order valence-electron chi connectivity index (χ1n) is 5.84. The fraction of sp³-hybridized carbons (Fsp3) is 0.231. The lowest BCUT2D eigenvalue weighted by Gasteiger charge is -2.01. The van der Waals surface area contributed by atoms with Crippen molar-refractivity contribution in [2.45, 2.75) is 13.5 Å². The fourth-order valence-corrected chi connectivity index (χ4v) is 1.67. The highest BCUT2D eigenvalue weighted by atomic mass is 16.2. The van der Waals surface area contributed by atoms with E-state index in [0.29, 0.717) is 6.54 Å². The molecule has 1 heterocycles. The molecule has 1 aromatic heterocycles. The molecule has 5 nitrogen and oxygen atoms in total. The number of hydrogen-bond acceptors (Lipinski definition) is 3. The van der Waals surface area contributed by atoms with E-state index in [0.717, 1.165) is 16.8 Å². The number of nitrogen functional groups attached to an aromatic ring is 1. The first kappa shape index (κ1) is 12.2. The van der Waals surface area contributed by atoms with Crippen molar-refractivity contribution in [2.75, 3.05) is 12.3 Å². The molecule has 0 bridgehead atoms. The zero-order valence-corrected chi connectivity index (χ0v) is 10.3. The Hall–Kier alpha value is -2.30. The number of rotatable bonds is 4. The smallest absolute Gasteiger partial charge is 0.241 e. The number of nitrogens with zero attached hydrogens (tertiary/aromatic N) is 2. The van der Waals surface area contributed by atoms with Crippen LogP contribution in [0.2, 0.25) is 0 Å². The van der Waals surface area contributed by atoms with Crippen LogP contribution >= 0.6 is 0 Å². The summed E-state index contributed by atoms with van der Waals surface area (Å²) in [5, 5.41) is 6.90. The van der Waals surface area contributed by atoms with Crippen molar-refractivity contribution >= 4 is 11.6 Å². The fourth-order valence-electron chi connectivity index (χ4n) is 1.67. The number of hydrogen-bond donors (Lipinski definition) is 2. The number of anilines is 1. The van der Waals surface area contributed by atoms with Gasteiger partial charge in [-0.1, -0.05) is 12.1 Å². The molecule has 1 aromatic carbocycles. The monoisotopic (exact) mass is 244 g/mol. The van der Waals surface area contributed by atoms with Gasteiger partial charge in [-0.3, -0.25) is 9.48 Å². The van der Waals surface area contributed by atoms with E-state index in [-0.39, 0.29) is 12.5 Å². The normalized spacial score (nSPS) is 10.3. The summed E-state index contributed by atoms with van der Waals surface area (Å²) in [6.45, 7) is 2.76. The van der Waals surface area contributed by atoms with Crippen LogP contribution in [0.5, 0.6) is 0 Å². The second-order valence-electron chi connectivity index (χ2n) is 4.00. The number of benzene rings is 1. The van der Waals surface area contributed by atoms with E-state index in [1.54, 1.807) is 10.9 Å². The van der Waals surface area contributed by atoms with E-state index < -0.39 is 0 Å². The van der Waals surface area contributed by atoms with Gasteiger partial charge in [-0.25, -0.2) is 0 Å². The summed E-state index contributed by atoms with van der Waals surface area (Å²) in [6.07, 6.45) is 3.59. The van der Waals surface area contributed by atoms with E-state index >= 15 is 0 Å². The maximum absolute atomic E-state index is 11.4. The highest BCUT2D eigenvalue weighted by Crippen LogP contribution is 2.19. The molecular weight excluding hydrogens is 228 g/mol. The molecule has 3 N–H and O–H groups in total. The average Bonchev–Trinajstić information content (AvgIpc) is 2.78. The van der Waals surface area contributed by atoms with Crippen LogP contribution in [0.15, 0.2) is 36.7 Å². The molecule has 0 aliphatic rings. The minimum absolute atomic E-state index is 0.0375. The molecule has 0 radical (unpaired) electrons. The van der Waals surface area contributed by atoms with Gasteiger partial charge in [-0.2, -0.15) is 5.10 Å². The van der Waals surface area contributed by atoms with Crippen LogP contribution in [-0.4, -0.2) is 22.2 Å². The molecule has 94 valence electrons. The molecule has 0 saturated carbocycles. The van der Waals surface area contributed by atoms with Gasteiger partial charge in [0.05, 0.1) is 6.20 Å². The standard InChI is InChI=1S/C13H16N4O/c1-2-15-13(18)9-17-8-11(7-16-17)10-3-5-12(14)6-4-10/h3-8H,2,9,14H2,1H3,(H,15,18). The Morgan fingerprint density at radius 1 is 1.33 bits per heavy atom. The van der Waals surface area contributed by atoms with E-state index in [9.17, 15) is 4.79 Å². The minimum atomic E-state index is -0.0375. The van der Waals surface area contributed by atoms with Crippen molar-refractivity contribution in [2.24, 2.45) is 0 Å². The summed E-state index contributed by atoms with van der Waals surface area (Å²) in [5.41, 5.74) is 8.37. The molecule has 0 unspecified atom stereocenters. The van der Waals surface area contributed by atoms with Gasteiger partial charge in [-0.05, 0) is 24.6 Å². The Morgan fingerprint density at radius 2 is 2.06 bits per heavy atom. The molecule has 0 aliphatic heterocycles. The van der Waals surface area contributed by atoms with Gasteiger partial charge in [0.1, 0.15) is 6.54 Å². The molecule has 18 heavy (non-hydrogen) atoms. The van der Waals surface area contributed by atoms with Crippen LogP contribution in [0.1, 0.15) is 6.92 Å². The van der Waals surface area contributed by atoms with Crippen molar-refractivity contribution in [3.8, 4) is 11.1 Å². The van der Waals surface area contributed by atoms with Crippen LogP contribution in [0.3, 0.4) is 0 Å². The third-order valence-electron chi connectivity index (χ3n) is 2.56. The summed E-state index contributed by atoms with van der Waals surface area (Å²) in [5.74, 6) is -0.0375. The maximum Gasteiger partial charge on any atom is 0.241 e. The van der Waals surface area contributed by atoms with E-state index in [1.165, 1.54) is 0 Å². The van der Waals surface area contributed by atoms with Gasteiger partial charge in [0, 0.05) is 24.0 Å². The number of carbonyl (C=O) groups excluding carboxylic acids is 1. The molecule has 0 aliphatic carbocycles. The molecule has 2 rings (SSSR count). The first-order chi connectivity index (χ1) is 8.69. The largest absolute Gasteiger partial charge is 0.399 e. The zero-order chi connectivity index (χ0) is 13.0. The maximum atomic E-state index is 11.4. The average molecular weight is 244 g/mol. The number of nitrogens with one attached hydrogen (secondary N) is 1. The van der Waals surface area contributed by atoms with Crippen molar-refractivity contribution in [3.05, 3.63) is 36.7 Å². The van der Waals surface area contributed by atoms with Gasteiger partial charge in [0.2, 0.25) is 5.91 Å². The number of aromatic nitrogens is 2. The zero-order valence-electron chi connectivity index (χ0n) is 10.3. The molecule has 0 spiro atoms. The van der Waals surface area contributed by atoms with Crippen molar-refractivity contribution in [3.63, 3.8) is 0 Å². The SMILES string of the molecule is CCNC(=O)Cn1cc(-c2ccc(N)cc2)cn1. The summed E-state index contributed by atoms with van der Waals surface area (Å²) in [4.78, 5) is 11.4. The second kappa shape index (κ2) is 5.35. The molecule has 0 saturated heterocycles. The summed E-state index contributed by atoms with van der Waals surface area (Å²) in [7, 11) is 0. The molecule has 0 fully saturated rings. The number of likely N-dealkylation sites (N-methyl/N-ethyl adjacent to an activating group) is 1. The Kier molecular flexibility index (Phi) is 3.62. The lowest BCUT2D eigenvalue weighted by molar-refractivity contribution is -0.121. The molecule has 1 amide bonds. The number of amides is 1. The molecule has 5 heteroatoms. The first-order valence-corrected chi connectivity index (χ1v) is 5.84. The Balaban J connectivity index is 2.10. The van der Waals surface area contributed by atoms with Crippen LogP contribution in [0, 0.1) is 0 Å². The predicted octanol–water partition coefficient (Wildman–Crippen LogP) is 1.27. The summed E-state index contributed by atoms with van der Waals surface area (Å²) >= 11 is 0. The van der Waals surface area contributed by atoms with E-state index in [2.05, 4.69) is 10.4 Å². The quantitative estimate of drug-likeness (QED) is 0.795. The topological polar surface area (TPSA) is 72.9 Å². The van der Waals surface area contributed by atoms with E-state index in [1.807, 2.05) is 37.4 Å². The molecular formula is C13H16N4O. The van der Waals surface area contributed by atoms with Gasteiger partial charge in [0.25, 0.3) is 0 Å². The lowest BCUT2D eigenvalue weighted by Crippen LogP contribution is -2.27. The van der Waals surface area contributed by atoms with Gasteiger partial charge < -0.3 is 11.1 Å². The Bertz CT molecular complexity index is 530. The van der Waals surface area contributed by atoms with E-state index in [4.69, 9.17) is 5.73 Å². The summed E-state index contributed by atoms with van der Waals surface area (Å²) < 4.78 is 1.62. The predicted molar refractivity (Wildman–Crippen MR) is 70.8 cm³/mol. The van der Waals surface area contributed by atoms with Gasteiger partial charge in [-0.15, -0.1) is 0 Å².